The van der Waals surface area contributed by atoms with Crippen LogP contribution in [0.1, 0.15) is 31.9 Å². The quantitative estimate of drug-likeness (QED) is 0.818. The van der Waals surface area contributed by atoms with Crippen molar-refractivity contribution in [2.75, 3.05) is 11.9 Å². The summed E-state index contributed by atoms with van der Waals surface area (Å²) in [5, 5.41) is 2.89. The van der Waals surface area contributed by atoms with E-state index in [4.69, 9.17) is 4.74 Å². The van der Waals surface area contributed by atoms with Gasteiger partial charge in [-0.05, 0) is 37.0 Å². The number of anilines is 2. The average Bonchev–Trinajstić information content (AvgIpc) is 2.48. The van der Waals surface area contributed by atoms with E-state index in [0.717, 1.165) is 12.6 Å². The van der Waals surface area contributed by atoms with Gasteiger partial charge >= 0.3 is 6.18 Å². The summed E-state index contributed by atoms with van der Waals surface area (Å²) < 4.78 is 43.7. The van der Waals surface area contributed by atoms with E-state index in [1.165, 1.54) is 5.56 Å². The maximum Gasteiger partial charge on any atom is 0.423 e. The Hall–Kier alpha value is -2.31. The predicted molar refractivity (Wildman–Crippen MR) is 86.5 cm³/mol. The van der Waals surface area contributed by atoms with E-state index in [9.17, 15) is 13.2 Å². The number of hydrogen-bond donors (Lipinski definition) is 1. The number of nitrogens with one attached hydrogen (secondary N) is 1. The van der Waals surface area contributed by atoms with Crippen molar-refractivity contribution in [2.45, 2.75) is 33.4 Å². The molecule has 1 heterocycles. The van der Waals surface area contributed by atoms with Crippen molar-refractivity contribution in [3.8, 4) is 5.88 Å². The highest BCUT2D eigenvalue weighted by atomic mass is 19.4. The van der Waals surface area contributed by atoms with Crippen LogP contribution < -0.4 is 10.1 Å². The number of rotatable bonds is 6. The first kappa shape index (κ1) is 18.0. The van der Waals surface area contributed by atoms with Crippen LogP contribution in [0, 0.1) is 5.92 Å². The lowest BCUT2D eigenvalue weighted by molar-refractivity contribution is -0.139. The number of hydrogen-bond acceptors (Lipinski definition) is 4. The van der Waals surface area contributed by atoms with Gasteiger partial charge in [0.1, 0.15) is 5.56 Å². The van der Waals surface area contributed by atoms with Crippen LogP contribution in [0.15, 0.2) is 30.5 Å². The standard InChI is InChI=1S/C17H20F3N3O/c1-4-24-15-14(17(18,19)20)10-21-16(23-15)22-13-7-5-12(6-8-13)9-11(2)3/h5-8,10-11H,4,9H2,1-3H3,(H,21,22,23). The van der Waals surface area contributed by atoms with Gasteiger partial charge in [0.05, 0.1) is 6.61 Å². The van der Waals surface area contributed by atoms with Gasteiger partial charge in [-0.3, -0.25) is 0 Å². The molecule has 0 aliphatic heterocycles. The Labute approximate surface area is 139 Å². The Bertz CT molecular complexity index is 670. The van der Waals surface area contributed by atoms with Crippen molar-refractivity contribution in [3.05, 3.63) is 41.6 Å². The third kappa shape index (κ3) is 4.84. The van der Waals surface area contributed by atoms with Gasteiger partial charge < -0.3 is 10.1 Å². The highest BCUT2D eigenvalue weighted by molar-refractivity contribution is 5.54. The number of halogens is 3. The predicted octanol–water partition coefficient (Wildman–Crippen LogP) is 4.84. The Morgan fingerprint density at radius 1 is 1.17 bits per heavy atom. The number of aromatic nitrogens is 2. The molecule has 1 aromatic heterocycles. The number of alkyl halides is 3. The second-order valence-electron chi connectivity index (χ2n) is 5.76. The zero-order valence-electron chi connectivity index (χ0n) is 13.8. The topological polar surface area (TPSA) is 47.0 Å². The SMILES string of the molecule is CCOc1nc(Nc2ccc(CC(C)C)cc2)ncc1C(F)(F)F. The van der Waals surface area contributed by atoms with E-state index < -0.39 is 17.6 Å². The molecule has 0 spiro atoms. The molecule has 1 N–H and O–H groups in total. The van der Waals surface area contributed by atoms with E-state index in [1.54, 1.807) is 6.92 Å². The lowest BCUT2D eigenvalue weighted by atomic mass is 10.0. The molecule has 0 fully saturated rings. The lowest BCUT2D eigenvalue weighted by Crippen LogP contribution is -2.12. The third-order valence-corrected chi connectivity index (χ3v) is 3.19. The maximum atomic E-state index is 12.9. The molecular weight excluding hydrogens is 319 g/mol. The minimum Gasteiger partial charge on any atom is -0.477 e. The van der Waals surface area contributed by atoms with E-state index in [-0.39, 0.29) is 12.6 Å². The molecule has 0 amide bonds. The summed E-state index contributed by atoms with van der Waals surface area (Å²) in [6.45, 7) is 5.96. The first-order valence-electron chi connectivity index (χ1n) is 7.72. The van der Waals surface area contributed by atoms with Crippen molar-refractivity contribution < 1.29 is 17.9 Å². The first-order valence-corrected chi connectivity index (χ1v) is 7.72. The van der Waals surface area contributed by atoms with Crippen molar-refractivity contribution in [1.82, 2.24) is 9.97 Å². The molecule has 0 saturated heterocycles. The summed E-state index contributed by atoms with van der Waals surface area (Å²) in [4.78, 5) is 7.56. The fourth-order valence-corrected chi connectivity index (χ4v) is 2.19. The molecule has 2 aromatic rings. The summed E-state index contributed by atoms with van der Waals surface area (Å²) in [7, 11) is 0. The summed E-state index contributed by atoms with van der Waals surface area (Å²) in [6, 6.07) is 7.63. The second-order valence-corrected chi connectivity index (χ2v) is 5.76. The maximum absolute atomic E-state index is 12.9. The van der Waals surface area contributed by atoms with Gasteiger partial charge in [0, 0.05) is 11.9 Å². The Kier molecular flexibility index (Phi) is 5.64. The molecule has 1 aromatic carbocycles. The number of ether oxygens (including phenoxy) is 1. The molecule has 0 aliphatic carbocycles. The van der Waals surface area contributed by atoms with Gasteiger partial charge in [-0.1, -0.05) is 26.0 Å². The molecule has 0 radical (unpaired) electrons. The molecule has 2 rings (SSSR count). The molecule has 4 nitrogen and oxygen atoms in total. The van der Waals surface area contributed by atoms with Gasteiger partial charge in [0.2, 0.25) is 11.8 Å². The molecule has 0 atom stereocenters. The third-order valence-electron chi connectivity index (χ3n) is 3.19. The first-order chi connectivity index (χ1) is 11.3. The van der Waals surface area contributed by atoms with Crippen molar-refractivity contribution in [2.24, 2.45) is 5.92 Å². The number of nitrogens with zero attached hydrogens (tertiary/aromatic N) is 2. The van der Waals surface area contributed by atoms with Crippen LogP contribution in [0.4, 0.5) is 24.8 Å². The van der Waals surface area contributed by atoms with Gasteiger partial charge in [-0.25, -0.2) is 4.98 Å². The summed E-state index contributed by atoms with van der Waals surface area (Å²) in [5.74, 6) is 0.137. The smallest absolute Gasteiger partial charge is 0.423 e. The van der Waals surface area contributed by atoms with Crippen LogP contribution in [-0.2, 0) is 12.6 Å². The Balaban J connectivity index is 2.19. The largest absolute Gasteiger partial charge is 0.477 e. The van der Waals surface area contributed by atoms with Crippen molar-refractivity contribution in [3.63, 3.8) is 0 Å². The second kappa shape index (κ2) is 7.51. The van der Waals surface area contributed by atoms with Crippen LogP contribution in [-0.4, -0.2) is 16.6 Å². The molecule has 0 saturated carbocycles. The fourth-order valence-electron chi connectivity index (χ4n) is 2.19. The molecule has 130 valence electrons. The number of benzene rings is 1. The van der Waals surface area contributed by atoms with E-state index >= 15 is 0 Å². The average molecular weight is 339 g/mol. The van der Waals surface area contributed by atoms with Crippen LogP contribution >= 0.6 is 0 Å². The highest BCUT2D eigenvalue weighted by Gasteiger charge is 2.36. The monoisotopic (exact) mass is 339 g/mol. The van der Waals surface area contributed by atoms with E-state index in [2.05, 4.69) is 29.1 Å². The Morgan fingerprint density at radius 3 is 2.38 bits per heavy atom. The van der Waals surface area contributed by atoms with Crippen LogP contribution in [0.2, 0.25) is 0 Å². The normalized spacial score (nSPS) is 11.6. The molecule has 0 unspecified atom stereocenters. The summed E-state index contributed by atoms with van der Waals surface area (Å²) in [5.41, 5.74) is 0.908. The lowest BCUT2D eigenvalue weighted by Gasteiger charge is -2.13. The van der Waals surface area contributed by atoms with Crippen LogP contribution in [0.3, 0.4) is 0 Å². The van der Waals surface area contributed by atoms with Crippen molar-refractivity contribution >= 4 is 11.6 Å². The summed E-state index contributed by atoms with van der Waals surface area (Å²) in [6.07, 6.45) is -2.86. The fraction of sp³-hybridized carbons (Fsp3) is 0.412. The molecule has 0 bridgehead atoms. The van der Waals surface area contributed by atoms with Gasteiger partial charge in [-0.15, -0.1) is 0 Å². The van der Waals surface area contributed by atoms with Gasteiger partial charge in [0.15, 0.2) is 0 Å². The molecule has 0 aliphatic rings. The summed E-state index contributed by atoms with van der Waals surface area (Å²) >= 11 is 0. The minimum atomic E-state index is -4.55. The van der Waals surface area contributed by atoms with Crippen LogP contribution in [0.5, 0.6) is 5.88 Å². The molecule has 7 heteroatoms. The minimum absolute atomic E-state index is 0.0584. The zero-order chi connectivity index (χ0) is 17.7. The zero-order valence-corrected chi connectivity index (χ0v) is 13.8. The van der Waals surface area contributed by atoms with Gasteiger partial charge in [-0.2, -0.15) is 18.2 Å². The molecule has 24 heavy (non-hydrogen) atoms. The van der Waals surface area contributed by atoms with E-state index in [0.29, 0.717) is 11.6 Å². The Morgan fingerprint density at radius 2 is 1.83 bits per heavy atom. The van der Waals surface area contributed by atoms with Crippen LogP contribution in [0.25, 0.3) is 0 Å². The van der Waals surface area contributed by atoms with Gasteiger partial charge in [0.25, 0.3) is 0 Å². The molecular formula is C17H20F3N3O. The highest BCUT2D eigenvalue weighted by Crippen LogP contribution is 2.35. The van der Waals surface area contributed by atoms with Crippen molar-refractivity contribution in [1.29, 1.82) is 0 Å². The van der Waals surface area contributed by atoms with E-state index in [1.807, 2.05) is 24.3 Å².